The van der Waals surface area contributed by atoms with Crippen molar-refractivity contribution >= 4 is 29.1 Å². The van der Waals surface area contributed by atoms with Crippen LogP contribution in [-0.2, 0) is 14.3 Å². The molecular formula is C18H26ClN3O3. The zero-order chi connectivity index (χ0) is 18.2. The summed E-state index contributed by atoms with van der Waals surface area (Å²) in [5.74, 6) is -0.868. The van der Waals surface area contributed by atoms with Crippen molar-refractivity contribution in [3.8, 4) is 0 Å². The van der Waals surface area contributed by atoms with Gasteiger partial charge in [-0.3, -0.25) is 9.59 Å². The van der Waals surface area contributed by atoms with E-state index in [-0.39, 0.29) is 0 Å². The first-order chi connectivity index (χ1) is 12.0. The van der Waals surface area contributed by atoms with Crippen LogP contribution in [0.25, 0.3) is 0 Å². The Morgan fingerprint density at radius 1 is 1.28 bits per heavy atom. The Balaban J connectivity index is 1.73. The van der Waals surface area contributed by atoms with Crippen LogP contribution in [0.1, 0.15) is 18.4 Å². The zero-order valence-electron chi connectivity index (χ0n) is 14.8. The number of carbonyl (C=O) groups excluding carboxylic acids is 2. The van der Waals surface area contributed by atoms with Gasteiger partial charge in [-0.05, 0) is 56.5 Å². The summed E-state index contributed by atoms with van der Waals surface area (Å²) in [6.45, 7) is 6.05. The van der Waals surface area contributed by atoms with E-state index in [1.165, 1.54) is 0 Å². The molecule has 0 bridgehead atoms. The number of hydrogen-bond acceptors (Lipinski definition) is 4. The van der Waals surface area contributed by atoms with Crippen LogP contribution < -0.4 is 10.6 Å². The summed E-state index contributed by atoms with van der Waals surface area (Å²) in [7, 11) is 1.71. The van der Waals surface area contributed by atoms with E-state index < -0.39 is 11.8 Å². The highest BCUT2D eigenvalue weighted by atomic mass is 35.5. The molecule has 1 aliphatic rings. The van der Waals surface area contributed by atoms with Crippen LogP contribution in [0.4, 0.5) is 5.69 Å². The molecule has 2 N–H and O–H groups in total. The number of hydrogen-bond donors (Lipinski definition) is 2. The van der Waals surface area contributed by atoms with Gasteiger partial charge in [0.05, 0.1) is 6.61 Å². The Labute approximate surface area is 153 Å². The summed E-state index contributed by atoms with van der Waals surface area (Å²) in [6.07, 6.45) is 2.03. The van der Waals surface area contributed by atoms with Crippen LogP contribution in [0.15, 0.2) is 18.2 Å². The molecule has 2 rings (SSSR count). The second-order valence-electron chi connectivity index (χ2n) is 6.40. The Morgan fingerprint density at radius 2 is 2.00 bits per heavy atom. The number of anilines is 1. The molecule has 2 amide bonds. The normalized spacial score (nSPS) is 15.8. The highest BCUT2D eigenvalue weighted by molar-refractivity contribution is 6.40. The van der Waals surface area contributed by atoms with Crippen molar-refractivity contribution in [3.05, 3.63) is 28.8 Å². The summed E-state index contributed by atoms with van der Waals surface area (Å²) in [5, 5.41) is 5.86. The first kappa shape index (κ1) is 19.7. The van der Waals surface area contributed by atoms with Crippen molar-refractivity contribution in [2.75, 3.05) is 45.2 Å². The van der Waals surface area contributed by atoms with Gasteiger partial charge in [-0.15, -0.1) is 0 Å². The van der Waals surface area contributed by atoms with Crippen LogP contribution in [0.3, 0.4) is 0 Å². The monoisotopic (exact) mass is 367 g/mol. The predicted molar refractivity (Wildman–Crippen MR) is 98.9 cm³/mol. The van der Waals surface area contributed by atoms with Gasteiger partial charge in [0.1, 0.15) is 0 Å². The molecule has 138 valence electrons. The number of amides is 2. The number of carbonyl (C=O) groups is 2. The molecule has 6 nitrogen and oxygen atoms in total. The summed E-state index contributed by atoms with van der Waals surface area (Å²) >= 11 is 5.92. The van der Waals surface area contributed by atoms with Gasteiger partial charge < -0.3 is 20.3 Å². The summed E-state index contributed by atoms with van der Waals surface area (Å²) in [5.41, 5.74) is 1.41. The van der Waals surface area contributed by atoms with Crippen molar-refractivity contribution in [1.29, 1.82) is 0 Å². The Hall–Kier alpha value is -1.63. The maximum atomic E-state index is 12.0. The molecule has 0 saturated carbocycles. The average Bonchev–Trinajstić information content (AvgIpc) is 2.61. The molecule has 0 atom stereocenters. The first-order valence-electron chi connectivity index (χ1n) is 8.56. The number of nitrogens with one attached hydrogen (secondary N) is 2. The number of likely N-dealkylation sites (tertiary alicyclic amines) is 1. The summed E-state index contributed by atoms with van der Waals surface area (Å²) in [4.78, 5) is 26.4. The second kappa shape index (κ2) is 9.75. The summed E-state index contributed by atoms with van der Waals surface area (Å²) < 4.78 is 5.09. The van der Waals surface area contributed by atoms with E-state index in [4.69, 9.17) is 16.3 Å². The van der Waals surface area contributed by atoms with Gasteiger partial charge >= 0.3 is 11.8 Å². The molecule has 1 heterocycles. The van der Waals surface area contributed by atoms with Crippen LogP contribution >= 0.6 is 11.6 Å². The molecule has 1 fully saturated rings. The van der Waals surface area contributed by atoms with E-state index in [9.17, 15) is 9.59 Å². The van der Waals surface area contributed by atoms with Gasteiger partial charge in [0.15, 0.2) is 0 Å². The van der Waals surface area contributed by atoms with Crippen molar-refractivity contribution in [2.45, 2.75) is 19.8 Å². The molecule has 0 unspecified atom stereocenters. The molecule has 0 spiro atoms. The van der Waals surface area contributed by atoms with E-state index in [0.29, 0.717) is 23.2 Å². The maximum Gasteiger partial charge on any atom is 0.313 e. The van der Waals surface area contributed by atoms with E-state index in [1.807, 2.05) is 6.92 Å². The lowest BCUT2D eigenvalue weighted by Crippen LogP contribution is -2.42. The van der Waals surface area contributed by atoms with Crippen molar-refractivity contribution < 1.29 is 14.3 Å². The second-order valence-corrected chi connectivity index (χ2v) is 6.84. The van der Waals surface area contributed by atoms with E-state index in [2.05, 4.69) is 15.5 Å². The van der Waals surface area contributed by atoms with E-state index in [0.717, 1.165) is 44.6 Å². The summed E-state index contributed by atoms with van der Waals surface area (Å²) in [6, 6.07) is 5.18. The molecular weight excluding hydrogens is 342 g/mol. The molecule has 25 heavy (non-hydrogen) atoms. The number of aryl methyl sites for hydroxylation is 1. The SMILES string of the molecule is COCCN1CCC(CNC(=O)C(=O)Nc2cc(Cl)ccc2C)CC1. The average molecular weight is 368 g/mol. The number of methoxy groups -OCH3 is 1. The topological polar surface area (TPSA) is 70.7 Å². The van der Waals surface area contributed by atoms with Gasteiger partial charge in [-0.25, -0.2) is 0 Å². The van der Waals surface area contributed by atoms with Gasteiger partial charge in [0.25, 0.3) is 0 Å². The number of nitrogens with zero attached hydrogens (tertiary/aromatic N) is 1. The Kier molecular flexibility index (Phi) is 7.68. The van der Waals surface area contributed by atoms with Gasteiger partial charge in [0, 0.05) is 30.9 Å². The minimum Gasteiger partial charge on any atom is -0.383 e. The minimum absolute atomic E-state index is 0.406. The fraction of sp³-hybridized carbons (Fsp3) is 0.556. The minimum atomic E-state index is -0.664. The molecule has 7 heteroatoms. The quantitative estimate of drug-likeness (QED) is 0.755. The third kappa shape index (κ3) is 6.30. The first-order valence-corrected chi connectivity index (χ1v) is 8.94. The lowest BCUT2D eigenvalue weighted by Gasteiger charge is -2.31. The fourth-order valence-corrected chi connectivity index (χ4v) is 3.03. The number of ether oxygens (including phenoxy) is 1. The molecule has 1 aliphatic heterocycles. The van der Waals surface area contributed by atoms with Gasteiger partial charge in [-0.2, -0.15) is 0 Å². The van der Waals surface area contributed by atoms with Gasteiger partial charge in [-0.1, -0.05) is 17.7 Å². The third-order valence-electron chi connectivity index (χ3n) is 4.52. The lowest BCUT2D eigenvalue weighted by atomic mass is 9.97. The van der Waals surface area contributed by atoms with E-state index >= 15 is 0 Å². The lowest BCUT2D eigenvalue weighted by molar-refractivity contribution is -0.136. The molecule has 1 aromatic rings. The Bertz CT molecular complexity index is 601. The highest BCUT2D eigenvalue weighted by Gasteiger charge is 2.21. The molecule has 0 aliphatic carbocycles. The van der Waals surface area contributed by atoms with Crippen LogP contribution in [0.2, 0.25) is 5.02 Å². The standard InChI is InChI=1S/C18H26ClN3O3/c1-13-3-4-15(19)11-16(13)21-18(24)17(23)20-12-14-5-7-22(8-6-14)9-10-25-2/h3-4,11,14H,5-10,12H2,1-2H3,(H,20,23)(H,21,24). The fourth-order valence-electron chi connectivity index (χ4n) is 2.86. The largest absolute Gasteiger partial charge is 0.383 e. The number of halogens is 1. The number of piperidine rings is 1. The zero-order valence-corrected chi connectivity index (χ0v) is 15.6. The smallest absolute Gasteiger partial charge is 0.313 e. The molecule has 0 radical (unpaired) electrons. The molecule has 1 aromatic carbocycles. The Morgan fingerprint density at radius 3 is 2.68 bits per heavy atom. The third-order valence-corrected chi connectivity index (χ3v) is 4.76. The van der Waals surface area contributed by atoms with E-state index in [1.54, 1.807) is 25.3 Å². The van der Waals surface area contributed by atoms with Crippen molar-refractivity contribution in [3.63, 3.8) is 0 Å². The van der Waals surface area contributed by atoms with Crippen LogP contribution in [-0.4, -0.2) is 56.6 Å². The van der Waals surface area contributed by atoms with Crippen molar-refractivity contribution in [1.82, 2.24) is 10.2 Å². The molecule has 0 aromatic heterocycles. The van der Waals surface area contributed by atoms with Crippen LogP contribution in [0, 0.1) is 12.8 Å². The highest BCUT2D eigenvalue weighted by Crippen LogP contribution is 2.20. The van der Waals surface area contributed by atoms with Crippen LogP contribution in [0.5, 0.6) is 0 Å². The van der Waals surface area contributed by atoms with Crippen molar-refractivity contribution in [2.24, 2.45) is 5.92 Å². The predicted octanol–water partition coefficient (Wildman–Crippen LogP) is 2.06. The molecule has 1 saturated heterocycles. The maximum absolute atomic E-state index is 12.0. The number of rotatable bonds is 6. The number of benzene rings is 1. The van der Waals surface area contributed by atoms with Gasteiger partial charge in [0.2, 0.25) is 0 Å².